The molecule has 5 N–H and O–H groups in total. The lowest BCUT2D eigenvalue weighted by Crippen LogP contribution is -2.53. The van der Waals surface area contributed by atoms with Crippen molar-refractivity contribution in [1.29, 1.82) is 0 Å². The minimum atomic E-state index is -1.53. The Balaban J connectivity index is 1.91. The molecule has 0 saturated carbocycles. The van der Waals surface area contributed by atoms with E-state index in [0.29, 0.717) is 23.8 Å². The number of carbonyl (C=O) groups excluding carboxylic acids is 2. The summed E-state index contributed by atoms with van der Waals surface area (Å²) in [6.07, 6.45) is -1.08. The number of hydrogen-bond acceptors (Lipinski definition) is 7. The van der Waals surface area contributed by atoms with Gasteiger partial charge in [-0.3, -0.25) is 9.59 Å². The zero-order valence-electron chi connectivity index (χ0n) is 16.4. The van der Waals surface area contributed by atoms with Crippen LogP contribution >= 0.6 is 11.8 Å². The molecule has 2 aromatic rings. The molecule has 0 bridgehead atoms. The van der Waals surface area contributed by atoms with E-state index in [0.717, 1.165) is 17.1 Å². The smallest absolute Gasteiger partial charge is 0.274 e. The minimum absolute atomic E-state index is 0.228. The van der Waals surface area contributed by atoms with Crippen LogP contribution in [-0.2, 0) is 11.4 Å². The average molecular weight is 418 g/mol. The molecule has 0 aromatic heterocycles. The third-order valence-electron chi connectivity index (χ3n) is 4.26. The standard InChI is InChI=1S/C21H27N3O4S/c1-2-29-13-12-18(22)19(25)21(27)24(23)20(26)16-10-8-15(9-11-16)14-28-17-6-4-3-5-7-17/h3-11,18-19,25H,2,12-14,22-23H2,1H3/t18-,19?/m1/s1. The Labute approximate surface area is 175 Å². The number of thioether (sulfide) groups is 1. The molecule has 2 atom stereocenters. The van der Waals surface area contributed by atoms with Crippen LogP contribution < -0.4 is 16.3 Å². The number of nitrogens with zero attached hydrogens (tertiary/aromatic N) is 1. The number of para-hydroxylation sites is 1. The first-order valence-electron chi connectivity index (χ1n) is 9.35. The Morgan fingerprint density at radius 2 is 1.79 bits per heavy atom. The number of aliphatic hydroxyl groups excluding tert-OH is 1. The van der Waals surface area contributed by atoms with Crippen LogP contribution in [0.5, 0.6) is 5.75 Å². The van der Waals surface area contributed by atoms with Gasteiger partial charge in [-0.25, -0.2) is 10.9 Å². The number of imide groups is 1. The largest absolute Gasteiger partial charge is 0.489 e. The second-order valence-corrected chi connectivity index (χ2v) is 7.80. The van der Waals surface area contributed by atoms with Crippen LogP contribution in [0.25, 0.3) is 0 Å². The summed E-state index contributed by atoms with van der Waals surface area (Å²) in [5.41, 5.74) is 6.93. The predicted molar refractivity (Wildman–Crippen MR) is 114 cm³/mol. The quantitative estimate of drug-likeness (QED) is 0.234. The van der Waals surface area contributed by atoms with Crippen molar-refractivity contribution < 1.29 is 19.4 Å². The minimum Gasteiger partial charge on any atom is -0.489 e. The molecule has 0 fully saturated rings. The highest BCUT2D eigenvalue weighted by Crippen LogP contribution is 2.13. The number of rotatable bonds is 10. The molecule has 7 nitrogen and oxygen atoms in total. The first kappa shape index (κ1) is 22.9. The van der Waals surface area contributed by atoms with E-state index in [1.165, 1.54) is 0 Å². The van der Waals surface area contributed by atoms with Crippen LogP contribution in [0.1, 0.15) is 29.3 Å². The van der Waals surface area contributed by atoms with Gasteiger partial charge in [0, 0.05) is 11.6 Å². The number of benzene rings is 2. The van der Waals surface area contributed by atoms with Crippen LogP contribution in [0.4, 0.5) is 0 Å². The summed E-state index contributed by atoms with van der Waals surface area (Å²) < 4.78 is 5.65. The second kappa shape index (κ2) is 11.6. The summed E-state index contributed by atoms with van der Waals surface area (Å²) in [5, 5.41) is 10.5. The van der Waals surface area contributed by atoms with Gasteiger partial charge in [0.1, 0.15) is 18.5 Å². The fraction of sp³-hybridized carbons (Fsp3) is 0.333. The summed E-state index contributed by atoms with van der Waals surface area (Å²) in [4.78, 5) is 24.7. The highest BCUT2D eigenvalue weighted by molar-refractivity contribution is 7.99. The van der Waals surface area contributed by atoms with Gasteiger partial charge in [0.15, 0.2) is 0 Å². The molecule has 0 aliphatic rings. The number of ether oxygens (including phenoxy) is 1. The number of carbonyl (C=O) groups is 2. The topological polar surface area (TPSA) is 119 Å². The molecule has 29 heavy (non-hydrogen) atoms. The third-order valence-corrected chi connectivity index (χ3v) is 5.20. The van der Waals surface area contributed by atoms with E-state index >= 15 is 0 Å². The van der Waals surface area contributed by atoms with Crippen molar-refractivity contribution in [3.63, 3.8) is 0 Å². The predicted octanol–water partition coefficient (Wildman–Crippen LogP) is 1.94. The molecule has 0 radical (unpaired) electrons. The lowest BCUT2D eigenvalue weighted by molar-refractivity contribution is -0.138. The van der Waals surface area contributed by atoms with Gasteiger partial charge in [-0.1, -0.05) is 37.3 Å². The van der Waals surface area contributed by atoms with E-state index in [-0.39, 0.29) is 5.56 Å². The van der Waals surface area contributed by atoms with E-state index in [2.05, 4.69) is 0 Å². The molecule has 0 spiro atoms. The van der Waals surface area contributed by atoms with Gasteiger partial charge in [0.25, 0.3) is 11.8 Å². The van der Waals surface area contributed by atoms with Crippen LogP contribution in [-0.4, -0.2) is 45.6 Å². The van der Waals surface area contributed by atoms with Crippen molar-refractivity contribution in [3.05, 3.63) is 65.7 Å². The summed E-state index contributed by atoms with van der Waals surface area (Å²) in [6, 6.07) is 15.2. The van der Waals surface area contributed by atoms with Gasteiger partial charge in [-0.05, 0) is 47.8 Å². The average Bonchev–Trinajstić information content (AvgIpc) is 2.76. The zero-order chi connectivity index (χ0) is 21.2. The SMILES string of the molecule is CCSCC[C@@H](N)C(O)C(=O)N(N)C(=O)c1ccc(COc2ccccc2)cc1. The van der Waals surface area contributed by atoms with Gasteiger partial charge < -0.3 is 15.6 Å². The number of aliphatic hydroxyl groups is 1. The Morgan fingerprint density at radius 1 is 1.14 bits per heavy atom. The van der Waals surface area contributed by atoms with Crippen LogP contribution in [0.2, 0.25) is 0 Å². The molecule has 0 saturated heterocycles. The molecule has 0 aliphatic carbocycles. The van der Waals surface area contributed by atoms with Gasteiger partial charge >= 0.3 is 0 Å². The van der Waals surface area contributed by atoms with Crippen LogP contribution in [0.3, 0.4) is 0 Å². The van der Waals surface area contributed by atoms with Gasteiger partial charge in [-0.15, -0.1) is 0 Å². The first-order valence-corrected chi connectivity index (χ1v) is 10.5. The van der Waals surface area contributed by atoms with Gasteiger partial charge in [0.2, 0.25) is 0 Å². The van der Waals surface area contributed by atoms with Crippen LogP contribution in [0.15, 0.2) is 54.6 Å². The molecular formula is C21H27N3O4S. The molecule has 0 heterocycles. The van der Waals surface area contributed by atoms with Crippen molar-refractivity contribution in [3.8, 4) is 5.75 Å². The van der Waals surface area contributed by atoms with E-state index in [4.69, 9.17) is 16.3 Å². The van der Waals surface area contributed by atoms with E-state index in [1.54, 1.807) is 36.0 Å². The molecule has 2 rings (SSSR count). The van der Waals surface area contributed by atoms with Crippen molar-refractivity contribution in [1.82, 2.24) is 5.01 Å². The third kappa shape index (κ3) is 6.86. The maximum atomic E-state index is 12.5. The lowest BCUT2D eigenvalue weighted by atomic mass is 10.1. The van der Waals surface area contributed by atoms with E-state index in [1.807, 2.05) is 37.3 Å². The summed E-state index contributed by atoms with van der Waals surface area (Å²) >= 11 is 1.66. The first-order chi connectivity index (χ1) is 13.9. The second-order valence-electron chi connectivity index (χ2n) is 6.41. The number of nitrogens with two attached hydrogens (primary N) is 2. The zero-order valence-corrected chi connectivity index (χ0v) is 17.2. The Kier molecular flexibility index (Phi) is 9.14. The van der Waals surface area contributed by atoms with Crippen molar-refractivity contribution >= 4 is 23.6 Å². The fourth-order valence-electron chi connectivity index (χ4n) is 2.51. The molecule has 156 valence electrons. The fourth-order valence-corrected chi connectivity index (χ4v) is 3.24. The summed E-state index contributed by atoms with van der Waals surface area (Å²) in [6.45, 7) is 2.35. The molecule has 2 aromatic carbocycles. The van der Waals surface area contributed by atoms with Crippen LogP contribution in [0, 0.1) is 0 Å². The van der Waals surface area contributed by atoms with E-state index < -0.39 is 24.0 Å². The normalized spacial score (nSPS) is 12.8. The Morgan fingerprint density at radius 3 is 2.41 bits per heavy atom. The summed E-state index contributed by atoms with van der Waals surface area (Å²) in [5.74, 6) is 6.40. The van der Waals surface area contributed by atoms with E-state index in [9.17, 15) is 14.7 Å². The monoisotopic (exact) mass is 417 g/mol. The number of hydrazine groups is 1. The van der Waals surface area contributed by atoms with Crippen molar-refractivity contribution in [2.24, 2.45) is 11.6 Å². The molecular weight excluding hydrogens is 390 g/mol. The molecule has 0 aliphatic heterocycles. The van der Waals surface area contributed by atoms with Crippen molar-refractivity contribution in [2.45, 2.75) is 32.1 Å². The van der Waals surface area contributed by atoms with Gasteiger partial charge in [-0.2, -0.15) is 11.8 Å². The Hall–Kier alpha value is -2.39. The molecule has 1 unspecified atom stereocenters. The molecule has 8 heteroatoms. The van der Waals surface area contributed by atoms with Crippen molar-refractivity contribution in [2.75, 3.05) is 11.5 Å². The maximum Gasteiger partial charge on any atom is 0.274 e. The maximum absolute atomic E-state index is 12.5. The number of hydrogen-bond donors (Lipinski definition) is 3. The Bertz CT molecular complexity index is 786. The highest BCUT2D eigenvalue weighted by atomic mass is 32.2. The highest BCUT2D eigenvalue weighted by Gasteiger charge is 2.30. The number of amides is 2. The van der Waals surface area contributed by atoms with Gasteiger partial charge in [0.05, 0.1) is 0 Å². The molecule has 2 amide bonds. The summed E-state index contributed by atoms with van der Waals surface area (Å²) in [7, 11) is 0. The lowest BCUT2D eigenvalue weighted by Gasteiger charge is -2.22.